The van der Waals surface area contributed by atoms with Crippen LogP contribution < -0.4 is 0 Å². The first-order valence-corrected chi connectivity index (χ1v) is 5.51. The van der Waals surface area contributed by atoms with Crippen LogP contribution in [0.3, 0.4) is 0 Å². The van der Waals surface area contributed by atoms with E-state index in [4.69, 9.17) is 0 Å². The van der Waals surface area contributed by atoms with Crippen LogP contribution in [0.15, 0.2) is 16.9 Å². The fourth-order valence-corrected chi connectivity index (χ4v) is 1.50. The van der Waals surface area contributed by atoms with Gasteiger partial charge in [0.15, 0.2) is 0 Å². The Morgan fingerprint density at radius 2 is 2.18 bits per heavy atom. The summed E-state index contributed by atoms with van der Waals surface area (Å²) >= 11 is 2.99. The van der Waals surface area contributed by atoms with E-state index >= 15 is 0 Å². The molecule has 1 aromatic rings. The molecule has 0 fully saturated rings. The SMILES string of the molecule is CCOC(=O)Cc1cc(C(F)(F)F)cnc1Br. The predicted molar refractivity (Wildman–Crippen MR) is 57.3 cm³/mol. The van der Waals surface area contributed by atoms with E-state index in [1.165, 1.54) is 0 Å². The minimum Gasteiger partial charge on any atom is -0.466 e. The lowest BCUT2D eigenvalue weighted by Crippen LogP contribution is -2.11. The van der Waals surface area contributed by atoms with Crippen molar-refractivity contribution in [3.8, 4) is 0 Å². The Balaban J connectivity index is 2.95. The minimum absolute atomic E-state index is 0.151. The highest BCUT2D eigenvalue weighted by molar-refractivity contribution is 9.10. The number of aromatic nitrogens is 1. The molecule has 0 spiro atoms. The van der Waals surface area contributed by atoms with Crippen LogP contribution in [-0.4, -0.2) is 17.6 Å². The highest BCUT2D eigenvalue weighted by Crippen LogP contribution is 2.30. The normalized spacial score (nSPS) is 11.4. The van der Waals surface area contributed by atoms with Crippen molar-refractivity contribution in [1.82, 2.24) is 4.98 Å². The third-order valence-electron chi connectivity index (χ3n) is 1.88. The second kappa shape index (κ2) is 5.48. The molecule has 0 radical (unpaired) electrons. The summed E-state index contributed by atoms with van der Waals surface area (Å²) in [5.41, 5.74) is -0.738. The zero-order valence-electron chi connectivity index (χ0n) is 8.84. The maximum absolute atomic E-state index is 12.4. The van der Waals surface area contributed by atoms with Gasteiger partial charge in [0.1, 0.15) is 4.60 Å². The van der Waals surface area contributed by atoms with E-state index in [0.29, 0.717) is 6.20 Å². The third-order valence-corrected chi connectivity index (χ3v) is 2.59. The van der Waals surface area contributed by atoms with Crippen LogP contribution in [0.4, 0.5) is 13.2 Å². The first kappa shape index (κ1) is 14.0. The van der Waals surface area contributed by atoms with Crippen molar-refractivity contribution in [2.24, 2.45) is 0 Å². The van der Waals surface area contributed by atoms with Gasteiger partial charge in [-0.2, -0.15) is 13.2 Å². The van der Waals surface area contributed by atoms with Crippen molar-refractivity contribution in [3.05, 3.63) is 28.0 Å². The van der Waals surface area contributed by atoms with E-state index in [2.05, 4.69) is 25.7 Å². The van der Waals surface area contributed by atoms with E-state index < -0.39 is 17.7 Å². The van der Waals surface area contributed by atoms with Crippen LogP contribution in [0.5, 0.6) is 0 Å². The molecular weight excluding hydrogens is 303 g/mol. The molecule has 0 saturated carbocycles. The van der Waals surface area contributed by atoms with Crippen molar-refractivity contribution in [3.63, 3.8) is 0 Å². The lowest BCUT2D eigenvalue weighted by molar-refractivity contribution is -0.142. The summed E-state index contributed by atoms with van der Waals surface area (Å²) in [5.74, 6) is -0.589. The number of alkyl halides is 3. The number of esters is 1. The summed E-state index contributed by atoms with van der Waals surface area (Å²) in [6, 6.07) is 0.883. The van der Waals surface area contributed by atoms with Crippen molar-refractivity contribution < 1.29 is 22.7 Å². The van der Waals surface area contributed by atoms with Crippen LogP contribution in [0, 0.1) is 0 Å². The van der Waals surface area contributed by atoms with Crippen LogP contribution >= 0.6 is 15.9 Å². The molecule has 0 saturated heterocycles. The lowest BCUT2D eigenvalue weighted by Gasteiger charge is -2.09. The van der Waals surface area contributed by atoms with Crippen LogP contribution in [0.2, 0.25) is 0 Å². The Hall–Kier alpha value is -1.11. The maximum atomic E-state index is 12.4. The number of carbonyl (C=O) groups excluding carboxylic acids is 1. The van der Waals surface area contributed by atoms with E-state index in [-0.39, 0.29) is 23.2 Å². The minimum atomic E-state index is -4.48. The first-order chi connectivity index (χ1) is 7.84. The van der Waals surface area contributed by atoms with Gasteiger partial charge in [-0.1, -0.05) is 0 Å². The second-order valence-electron chi connectivity index (χ2n) is 3.15. The van der Waals surface area contributed by atoms with E-state index in [9.17, 15) is 18.0 Å². The largest absolute Gasteiger partial charge is 0.466 e. The quantitative estimate of drug-likeness (QED) is 0.636. The molecule has 3 nitrogen and oxygen atoms in total. The Bertz CT molecular complexity index is 421. The summed E-state index contributed by atoms with van der Waals surface area (Å²) in [6.07, 6.45) is -4.01. The summed E-state index contributed by atoms with van der Waals surface area (Å²) in [7, 11) is 0. The molecule has 1 rings (SSSR count). The predicted octanol–water partition coefficient (Wildman–Crippen LogP) is 2.97. The smallest absolute Gasteiger partial charge is 0.417 e. The van der Waals surface area contributed by atoms with Crippen molar-refractivity contribution in [2.45, 2.75) is 19.5 Å². The summed E-state index contributed by atoms with van der Waals surface area (Å²) in [5, 5.41) is 0. The molecule has 0 aliphatic heterocycles. The van der Waals surface area contributed by atoms with Crippen LogP contribution in [-0.2, 0) is 22.1 Å². The zero-order chi connectivity index (χ0) is 13.1. The average Bonchev–Trinajstić information content (AvgIpc) is 2.20. The standard InChI is InChI=1S/C10H9BrF3NO2/c1-2-17-8(16)4-6-3-7(10(12,13)14)5-15-9(6)11/h3,5H,2,4H2,1H3. The molecule has 17 heavy (non-hydrogen) atoms. The van der Waals surface area contributed by atoms with Crippen LogP contribution in [0.25, 0.3) is 0 Å². The summed E-state index contributed by atoms with van der Waals surface area (Å²) in [6.45, 7) is 1.81. The zero-order valence-corrected chi connectivity index (χ0v) is 10.4. The number of pyridine rings is 1. The topological polar surface area (TPSA) is 39.2 Å². The molecule has 7 heteroatoms. The van der Waals surface area contributed by atoms with E-state index in [1.807, 2.05) is 0 Å². The fraction of sp³-hybridized carbons (Fsp3) is 0.400. The molecule has 1 heterocycles. The number of hydrogen-bond donors (Lipinski definition) is 0. The molecule has 0 aliphatic carbocycles. The van der Waals surface area contributed by atoms with Gasteiger partial charge in [0.2, 0.25) is 0 Å². The van der Waals surface area contributed by atoms with Gasteiger partial charge in [-0.15, -0.1) is 0 Å². The Kier molecular flexibility index (Phi) is 4.50. The monoisotopic (exact) mass is 311 g/mol. The number of ether oxygens (including phenoxy) is 1. The molecule has 0 N–H and O–H groups in total. The molecule has 0 aromatic carbocycles. The van der Waals surface area contributed by atoms with Gasteiger partial charge in [0, 0.05) is 6.20 Å². The molecule has 1 aromatic heterocycles. The van der Waals surface area contributed by atoms with E-state index in [1.54, 1.807) is 6.92 Å². The molecule has 0 aliphatic rings. The van der Waals surface area contributed by atoms with Gasteiger partial charge in [-0.05, 0) is 34.5 Å². The highest BCUT2D eigenvalue weighted by atomic mass is 79.9. The van der Waals surface area contributed by atoms with Gasteiger partial charge < -0.3 is 4.74 Å². The first-order valence-electron chi connectivity index (χ1n) is 4.71. The Morgan fingerprint density at radius 1 is 1.53 bits per heavy atom. The van der Waals surface area contributed by atoms with E-state index in [0.717, 1.165) is 6.07 Å². The van der Waals surface area contributed by atoms with Gasteiger partial charge in [-0.3, -0.25) is 4.79 Å². The molecule has 0 bridgehead atoms. The number of halogens is 4. The number of nitrogens with zero attached hydrogens (tertiary/aromatic N) is 1. The van der Waals surface area contributed by atoms with Crippen molar-refractivity contribution >= 4 is 21.9 Å². The Morgan fingerprint density at radius 3 is 2.71 bits per heavy atom. The molecule has 0 unspecified atom stereocenters. The number of rotatable bonds is 3. The van der Waals surface area contributed by atoms with Gasteiger partial charge in [0.05, 0.1) is 18.6 Å². The summed E-state index contributed by atoms with van der Waals surface area (Å²) < 4.78 is 42.1. The molecular formula is C10H9BrF3NO2. The second-order valence-corrected chi connectivity index (χ2v) is 3.90. The van der Waals surface area contributed by atoms with Crippen molar-refractivity contribution in [2.75, 3.05) is 6.61 Å². The molecule has 0 atom stereocenters. The van der Waals surface area contributed by atoms with Crippen molar-refractivity contribution in [1.29, 1.82) is 0 Å². The summed E-state index contributed by atoms with van der Waals surface area (Å²) in [4.78, 5) is 14.7. The molecule has 94 valence electrons. The number of carbonyl (C=O) groups is 1. The van der Waals surface area contributed by atoms with Crippen LogP contribution in [0.1, 0.15) is 18.1 Å². The molecule has 0 amide bonds. The third kappa shape index (κ3) is 3.99. The fourth-order valence-electron chi connectivity index (χ4n) is 1.14. The highest BCUT2D eigenvalue weighted by Gasteiger charge is 2.31. The lowest BCUT2D eigenvalue weighted by atomic mass is 10.1. The van der Waals surface area contributed by atoms with Gasteiger partial charge in [-0.25, -0.2) is 4.98 Å². The average molecular weight is 312 g/mol. The van der Waals surface area contributed by atoms with Gasteiger partial charge >= 0.3 is 12.1 Å². The Labute approximate surface area is 104 Å². The number of hydrogen-bond acceptors (Lipinski definition) is 3. The van der Waals surface area contributed by atoms with Gasteiger partial charge in [0.25, 0.3) is 0 Å². The maximum Gasteiger partial charge on any atom is 0.417 e.